The molecule has 1 aromatic heterocycles. The monoisotopic (exact) mass is 257 g/mol. The Hall–Kier alpha value is -2.20. The van der Waals surface area contributed by atoms with Crippen LogP contribution in [-0.2, 0) is 0 Å². The van der Waals surface area contributed by atoms with Crippen LogP contribution in [0, 0.1) is 0 Å². The van der Waals surface area contributed by atoms with Crippen LogP contribution in [0.4, 0.5) is 5.69 Å². The van der Waals surface area contributed by atoms with Crippen molar-refractivity contribution in [1.29, 1.82) is 0 Å². The molecule has 0 saturated carbocycles. The third kappa shape index (κ3) is 2.93. The fourth-order valence-corrected chi connectivity index (χ4v) is 2.04. The van der Waals surface area contributed by atoms with E-state index in [2.05, 4.69) is 4.99 Å². The normalized spacial score (nSPS) is 11.9. The number of carbonyl (C=O) groups excluding carboxylic acids is 1. The number of thiophene rings is 1. The Bertz CT molecular complexity index is 571. The second-order valence-electron chi connectivity index (χ2n) is 3.48. The van der Waals surface area contributed by atoms with Crippen LogP contribution in [0.2, 0.25) is 0 Å². The van der Waals surface area contributed by atoms with Gasteiger partial charge in [-0.3, -0.25) is 9.79 Å². The van der Waals surface area contributed by atoms with E-state index in [1.165, 1.54) is 17.6 Å². The Morgan fingerprint density at radius 1 is 1.17 bits per heavy atom. The average Bonchev–Trinajstić information content (AvgIpc) is 2.94. The molecule has 1 heterocycles. The van der Waals surface area contributed by atoms with Gasteiger partial charge in [0.05, 0.1) is 22.4 Å². The SMILES string of the molecule is O=C(C(C=Nc1ccccc1)=CO)c1cccs1. The molecule has 0 amide bonds. The summed E-state index contributed by atoms with van der Waals surface area (Å²) in [7, 11) is 0. The first-order chi connectivity index (χ1) is 8.81. The highest BCUT2D eigenvalue weighted by Crippen LogP contribution is 2.15. The van der Waals surface area contributed by atoms with Gasteiger partial charge in [0.2, 0.25) is 5.78 Å². The summed E-state index contributed by atoms with van der Waals surface area (Å²) in [5.74, 6) is -0.229. The maximum Gasteiger partial charge on any atom is 0.207 e. The zero-order valence-corrected chi connectivity index (χ0v) is 10.3. The average molecular weight is 257 g/mol. The molecule has 1 N–H and O–H groups in total. The molecule has 1 aromatic carbocycles. The summed E-state index contributed by atoms with van der Waals surface area (Å²) in [5, 5.41) is 10.9. The van der Waals surface area contributed by atoms with Crippen LogP contribution in [0.15, 0.2) is 64.7 Å². The number of nitrogens with zero attached hydrogens (tertiary/aromatic N) is 1. The quantitative estimate of drug-likeness (QED) is 0.392. The van der Waals surface area contributed by atoms with Crippen molar-refractivity contribution in [3.63, 3.8) is 0 Å². The number of hydrogen-bond acceptors (Lipinski definition) is 4. The van der Waals surface area contributed by atoms with E-state index in [0.717, 1.165) is 11.9 Å². The topological polar surface area (TPSA) is 49.7 Å². The third-order valence-corrected chi connectivity index (χ3v) is 3.12. The molecule has 0 atom stereocenters. The number of aliphatic imine (C=N–C) groups is 1. The smallest absolute Gasteiger partial charge is 0.207 e. The Morgan fingerprint density at radius 2 is 1.94 bits per heavy atom. The number of aliphatic hydroxyl groups is 1. The number of hydrogen-bond donors (Lipinski definition) is 1. The molecular weight excluding hydrogens is 246 g/mol. The van der Waals surface area contributed by atoms with Crippen molar-refractivity contribution in [2.24, 2.45) is 4.99 Å². The number of benzene rings is 1. The van der Waals surface area contributed by atoms with Crippen molar-refractivity contribution >= 4 is 29.0 Å². The first kappa shape index (κ1) is 12.3. The van der Waals surface area contributed by atoms with E-state index >= 15 is 0 Å². The number of ketones is 1. The van der Waals surface area contributed by atoms with Crippen molar-refractivity contribution in [3.05, 3.63) is 64.6 Å². The molecule has 0 aliphatic rings. The fraction of sp³-hybridized carbons (Fsp3) is 0. The summed E-state index contributed by atoms with van der Waals surface area (Å²) in [4.78, 5) is 16.7. The number of aliphatic hydroxyl groups excluding tert-OH is 1. The van der Waals surface area contributed by atoms with E-state index in [-0.39, 0.29) is 11.4 Å². The van der Waals surface area contributed by atoms with Gasteiger partial charge in [-0.05, 0) is 23.6 Å². The van der Waals surface area contributed by atoms with Gasteiger partial charge in [-0.2, -0.15) is 0 Å². The number of carbonyl (C=O) groups is 1. The second kappa shape index (κ2) is 5.93. The molecule has 0 spiro atoms. The van der Waals surface area contributed by atoms with Crippen molar-refractivity contribution < 1.29 is 9.90 Å². The van der Waals surface area contributed by atoms with Crippen LogP contribution >= 0.6 is 11.3 Å². The molecule has 0 aliphatic heterocycles. The Morgan fingerprint density at radius 3 is 2.56 bits per heavy atom. The summed E-state index contributed by atoms with van der Waals surface area (Å²) in [6, 6.07) is 12.8. The molecule has 2 rings (SSSR count). The molecule has 90 valence electrons. The lowest BCUT2D eigenvalue weighted by molar-refractivity contribution is 0.104. The van der Waals surface area contributed by atoms with Gasteiger partial charge >= 0.3 is 0 Å². The van der Waals surface area contributed by atoms with E-state index in [9.17, 15) is 4.79 Å². The van der Waals surface area contributed by atoms with Crippen molar-refractivity contribution in [1.82, 2.24) is 0 Å². The largest absolute Gasteiger partial charge is 0.515 e. The molecule has 0 aliphatic carbocycles. The second-order valence-corrected chi connectivity index (χ2v) is 4.43. The Labute approximate surface area is 109 Å². The van der Waals surface area contributed by atoms with E-state index in [0.29, 0.717) is 4.88 Å². The first-order valence-corrected chi connectivity index (χ1v) is 6.21. The summed E-state index contributed by atoms with van der Waals surface area (Å²) in [6.07, 6.45) is 2.16. The standard InChI is InChI=1S/C14H11NO2S/c16-10-11(14(17)13-7-4-8-18-13)9-15-12-5-2-1-3-6-12/h1-10,16H. The number of para-hydroxylation sites is 1. The van der Waals surface area contributed by atoms with Crippen LogP contribution in [0.3, 0.4) is 0 Å². The highest BCUT2D eigenvalue weighted by molar-refractivity contribution is 7.12. The highest BCUT2D eigenvalue weighted by atomic mass is 32.1. The van der Waals surface area contributed by atoms with Gasteiger partial charge in [0.15, 0.2) is 0 Å². The molecule has 0 bridgehead atoms. The van der Waals surface area contributed by atoms with Crippen LogP contribution in [0.5, 0.6) is 0 Å². The Balaban J connectivity index is 2.16. The van der Waals surface area contributed by atoms with Crippen LogP contribution in [-0.4, -0.2) is 17.1 Å². The molecule has 2 aromatic rings. The van der Waals surface area contributed by atoms with Crippen LogP contribution in [0.25, 0.3) is 0 Å². The van der Waals surface area contributed by atoms with Gasteiger partial charge in [0.25, 0.3) is 0 Å². The van der Waals surface area contributed by atoms with Crippen molar-refractivity contribution in [2.75, 3.05) is 0 Å². The van der Waals surface area contributed by atoms with E-state index < -0.39 is 0 Å². The maximum atomic E-state index is 11.9. The van der Waals surface area contributed by atoms with Gasteiger partial charge in [0, 0.05) is 6.21 Å². The molecule has 3 nitrogen and oxygen atoms in total. The van der Waals surface area contributed by atoms with Gasteiger partial charge in [-0.25, -0.2) is 0 Å². The van der Waals surface area contributed by atoms with Gasteiger partial charge in [0.1, 0.15) is 0 Å². The molecule has 0 fully saturated rings. The fourth-order valence-electron chi connectivity index (χ4n) is 1.36. The lowest BCUT2D eigenvalue weighted by Crippen LogP contribution is -2.02. The molecule has 0 unspecified atom stereocenters. The first-order valence-electron chi connectivity index (χ1n) is 5.33. The van der Waals surface area contributed by atoms with Gasteiger partial charge in [-0.1, -0.05) is 24.3 Å². The summed E-state index contributed by atoms with van der Waals surface area (Å²) in [5.41, 5.74) is 0.900. The maximum absolute atomic E-state index is 11.9. The van der Waals surface area contributed by atoms with Crippen LogP contribution in [0.1, 0.15) is 9.67 Å². The zero-order chi connectivity index (χ0) is 12.8. The molecule has 4 heteroatoms. The number of rotatable bonds is 4. The van der Waals surface area contributed by atoms with E-state index in [4.69, 9.17) is 5.11 Å². The van der Waals surface area contributed by atoms with Gasteiger partial charge < -0.3 is 5.11 Å². The van der Waals surface area contributed by atoms with Crippen LogP contribution < -0.4 is 0 Å². The lowest BCUT2D eigenvalue weighted by Gasteiger charge is -1.97. The minimum absolute atomic E-state index is 0.168. The lowest BCUT2D eigenvalue weighted by atomic mass is 10.2. The van der Waals surface area contributed by atoms with Gasteiger partial charge in [-0.15, -0.1) is 11.3 Å². The predicted molar refractivity (Wildman–Crippen MR) is 74.0 cm³/mol. The third-order valence-electron chi connectivity index (χ3n) is 2.26. The van der Waals surface area contributed by atoms with Crippen molar-refractivity contribution in [3.8, 4) is 0 Å². The zero-order valence-electron chi connectivity index (χ0n) is 9.48. The molecule has 0 radical (unpaired) electrons. The van der Waals surface area contributed by atoms with E-state index in [1.54, 1.807) is 12.1 Å². The predicted octanol–water partition coefficient (Wildman–Crippen LogP) is 3.78. The minimum Gasteiger partial charge on any atom is -0.515 e. The molecule has 0 saturated heterocycles. The van der Waals surface area contributed by atoms with E-state index in [1.807, 2.05) is 35.7 Å². The molecular formula is C14H11NO2S. The number of Topliss-reactive ketones (excluding diaryl/α,β-unsaturated/α-hetero) is 1. The highest BCUT2D eigenvalue weighted by Gasteiger charge is 2.11. The summed E-state index contributed by atoms with van der Waals surface area (Å²) in [6.45, 7) is 0. The summed E-state index contributed by atoms with van der Waals surface area (Å²) >= 11 is 1.33. The molecule has 18 heavy (non-hydrogen) atoms. The van der Waals surface area contributed by atoms with Crippen molar-refractivity contribution in [2.45, 2.75) is 0 Å². The summed E-state index contributed by atoms with van der Waals surface area (Å²) < 4.78 is 0. The Kier molecular flexibility index (Phi) is 4.04. The minimum atomic E-state index is -0.229. The number of allylic oxidation sites excluding steroid dienone is 1.